The number of carbonyl (C=O) groups is 2. The third kappa shape index (κ3) is 2.76. The zero-order chi connectivity index (χ0) is 14.9. The van der Waals surface area contributed by atoms with Crippen LogP contribution in [0.15, 0.2) is 18.2 Å². The van der Waals surface area contributed by atoms with Crippen LogP contribution >= 0.6 is 0 Å². The Bertz CT molecular complexity index is 554. The molecule has 20 heavy (non-hydrogen) atoms. The Morgan fingerprint density at radius 3 is 2.55 bits per heavy atom. The highest BCUT2D eigenvalue weighted by atomic mass is 19.4. The van der Waals surface area contributed by atoms with Gasteiger partial charge in [-0.1, -0.05) is 6.07 Å². The highest BCUT2D eigenvalue weighted by molar-refractivity contribution is 5.89. The average molecular weight is 287 g/mol. The van der Waals surface area contributed by atoms with Gasteiger partial charge >= 0.3 is 18.1 Å². The Kier molecular flexibility index (Phi) is 3.69. The number of ether oxygens (including phenoxy) is 1. The van der Waals surface area contributed by atoms with Gasteiger partial charge in [0.05, 0.1) is 12.7 Å². The summed E-state index contributed by atoms with van der Waals surface area (Å²) < 4.78 is 41.7. The van der Waals surface area contributed by atoms with Crippen LogP contribution in [0.1, 0.15) is 21.5 Å². The molecule has 0 bridgehead atoms. The van der Waals surface area contributed by atoms with Gasteiger partial charge in [0.2, 0.25) is 0 Å². The molecule has 1 aliphatic heterocycles. The van der Waals surface area contributed by atoms with Crippen molar-refractivity contribution in [3.05, 3.63) is 34.9 Å². The monoisotopic (exact) mass is 287 g/mol. The molecule has 0 spiro atoms. The average Bonchev–Trinajstić information content (AvgIpc) is 2.43. The van der Waals surface area contributed by atoms with Crippen molar-refractivity contribution in [3.63, 3.8) is 0 Å². The van der Waals surface area contributed by atoms with Gasteiger partial charge in [0.1, 0.15) is 0 Å². The number of esters is 1. The smallest absolute Gasteiger partial charge is 0.465 e. The molecule has 4 nitrogen and oxygen atoms in total. The zero-order valence-corrected chi connectivity index (χ0v) is 10.7. The molecule has 1 heterocycles. The third-order valence-corrected chi connectivity index (χ3v) is 3.17. The van der Waals surface area contributed by atoms with E-state index in [-0.39, 0.29) is 19.5 Å². The fourth-order valence-electron chi connectivity index (χ4n) is 2.15. The molecular weight excluding hydrogens is 275 g/mol. The van der Waals surface area contributed by atoms with Gasteiger partial charge in [0.15, 0.2) is 0 Å². The van der Waals surface area contributed by atoms with Crippen molar-refractivity contribution < 1.29 is 27.5 Å². The van der Waals surface area contributed by atoms with E-state index in [1.54, 1.807) is 12.1 Å². The summed E-state index contributed by atoms with van der Waals surface area (Å²) in [5, 5.41) is 0. The van der Waals surface area contributed by atoms with E-state index < -0.39 is 18.1 Å². The number of benzene rings is 1. The van der Waals surface area contributed by atoms with Gasteiger partial charge in [-0.2, -0.15) is 13.2 Å². The molecule has 1 aliphatic rings. The van der Waals surface area contributed by atoms with Crippen molar-refractivity contribution in [1.82, 2.24) is 4.90 Å². The molecule has 0 saturated carbocycles. The molecule has 0 fully saturated rings. The quantitative estimate of drug-likeness (QED) is 0.741. The molecule has 0 unspecified atom stereocenters. The van der Waals surface area contributed by atoms with Crippen LogP contribution in [0.4, 0.5) is 13.2 Å². The van der Waals surface area contributed by atoms with Gasteiger partial charge in [0.25, 0.3) is 0 Å². The lowest BCUT2D eigenvalue weighted by Gasteiger charge is -2.29. The fraction of sp³-hybridized carbons (Fsp3) is 0.385. The minimum absolute atomic E-state index is 0.0179. The largest absolute Gasteiger partial charge is 0.471 e. The molecule has 1 aromatic rings. The first-order valence-corrected chi connectivity index (χ1v) is 5.89. The van der Waals surface area contributed by atoms with Crippen LogP contribution in [-0.2, 0) is 22.5 Å². The lowest BCUT2D eigenvalue weighted by Crippen LogP contribution is -2.43. The zero-order valence-electron chi connectivity index (χ0n) is 10.7. The Balaban J connectivity index is 2.20. The van der Waals surface area contributed by atoms with Crippen LogP contribution < -0.4 is 0 Å². The van der Waals surface area contributed by atoms with Crippen molar-refractivity contribution in [2.45, 2.75) is 19.1 Å². The normalized spacial score (nSPS) is 14.7. The van der Waals surface area contributed by atoms with Crippen LogP contribution in [0.2, 0.25) is 0 Å². The molecule has 0 aromatic heterocycles. The van der Waals surface area contributed by atoms with E-state index in [1.165, 1.54) is 13.2 Å². The number of alkyl halides is 3. The second kappa shape index (κ2) is 5.15. The van der Waals surface area contributed by atoms with E-state index in [9.17, 15) is 22.8 Å². The van der Waals surface area contributed by atoms with Gasteiger partial charge in [-0.05, 0) is 29.7 Å². The predicted molar refractivity (Wildman–Crippen MR) is 63.0 cm³/mol. The number of halogens is 3. The maximum Gasteiger partial charge on any atom is 0.471 e. The van der Waals surface area contributed by atoms with Crippen LogP contribution in [0.5, 0.6) is 0 Å². The van der Waals surface area contributed by atoms with E-state index in [2.05, 4.69) is 4.74 Å². The van der Waals surface area contributed by atoms with E-state index in [0.29, 0.717) is 11.1 Å². The molecular formula is C13H12F3NO3. The number of fused-ring (bicyclic) bond motifs is 1. The van der Waals surface area contributed by atoms with Gasteiger partial charge < -0.3 is 9.64 Å². The second-order valence-electron chi connectivity index (χ2n) is 4.45. The van der Waals surface area contributed by atoms with E-state index in [0.717, 1.165) is 10.5 Å². The summed E-state index contributed by atoms with van der Waals surface area (Å²) >= 11 is 0. The molecule has 0 radical (unpaired) electrons. The Morgan fingerprint density at radius 2 is 1.95 bits per heavy atom. The number of amides is 1. The first-order chi connectivity index (χ1) is 9.32. The highest BCUT2D eigenvalue weighted by Crippen LogP contribution is 2.25. The first kappa shape index (κ1) is 14.4. The minimum atomic E-state index is -4.86. The molecule has 0 N–H and O–H groups in total. The summed E-state index contributed by atoms with van der Waals surface area (Å²) in [5.41, 5.74) is 1.72. The molecule has 2 rings (SSSR count). The topological polar surface area (TPSA) is 46.6 Å². The molecule has 1 amide bonds. The van der Waals surface area contributed by atoms with Crippen molar-refractivity contribution >= 4 is 11.9 Å². The summed E-state index contributed by atoms with van der Waals surface area (Å²) in [5.74, 6) is -2.33. The van der Waals surface area contributed by atoms with Crippen molar-refractivity contribution in [2.24, 2.45) is 0 Å². The third-order valence-electron chi connectivity index (χ3n) is 3.17. The molecule has 0 aliphatic carbocycles. The van der Waals surface area contributed by atoms with Crippen LogP contribution in [0, 0.1) is 0 Å². The van der Waals surface area contributed by atoms with Gasteiger partial charge in [-0.25, -0.2) is 4.79 Å². The number of carbonyl (C=O) groups excluding carboxylic acids is 2. The number of hydrogen-bond acceptors (Lipinski definition) is 3. The second-order valence-corrected chi connectivity index (χ2v) is 4.45. The number of methoxy groups -OCH3 is 1. The highest BCUT2D eigenvalue weighted by Gasteiger charge is 2.43. The maximum absolute atomic E-state index is 12.4. The van der Waals surface area contributed by atoms with Crippen molar-refractivity contribution in [3.8, 4) is 0 Å². The predicted octanol–water partition coefficient (Wildman–Crippen LogP) is 1.92. The van der Waals surface area contributed by atoms with Crippen LogP contribution in [-0.4, -0.2) is 36.6 Å². The number of rotatable bonds is 1. The number of hydrogen-bond donors (Lipinski definition) is 0. The van der Waals surface area contributed by atoms with E-state index >= 15 is 0 Å². The summed E-state index contributed by atoms with van der Waals surface area (Å²) in [7, 11) is 1.26. The maximum atomic E-state index is 12.4. The minimum Gasteiger partial charge on any atom is -0.465 e. The van der Waals surface area contributed by atoms with E-state index in [4.69, 9.17) is 0 Å². The molecule has 0 saturated heterocycles. The van der Waals surface area contributed by atoms with Crippen molar-refractivity contribution in [1.29, 1.82) is 0 Å². The standard InChI is InChI=1S/C13H12F3NO3/c1-20-11(18)9-2-3-10-7-17(5-4-8(10)6-9)12(19)13(14,15)16/h2-3,6H,4-5,7H2,1H3. The molecule has 7 heteroatoms. The lowest BCUT2D eigenvalue weighted by molar-refractivity contribution is -0.186. The Morgan fingerprint density at radius 1 is 1.25 bits per heavy atom. The van der Waals surface area contributed by atoms with Crippen LogP contribution in [0.25, 0.3) is 0 Å². The van der Waals surface area contributed by atoms with Crippen molar-refractivity contribution in [2.75, 3.05) is 13.7 Å². The summed E-state index contributed by atoms with van der Waals surface area (Å²) in [4.78, 5) is 23.3. The first-order valence-electron chi connectivity index (χ1n) is 5.89. The summed E-state index contributed by atoms with van der Waals surface area (Å²) in [6.45, 7) is -0.120. The SMILES string of the molecule is COC(=O)c1ccc2c(c1)CCN(C(=O)C(F)(F)F)C2. The lowest BCUT2D eigenvalue weighted by atomic mass is 9.97. The van der Waals surface area contributed by atoms with Gasteiger partial charge in [-0.3, -0.25) is 4.79 Å². The molecule has 0 atom stereocenters. The number of nitrogens with zero attached hydrogens (tertiary/aromatic N) is 1. The summed E-state index contributed by atoms with van der Waals surface area (Å²) in [6, 6.07) is 4.63. The summed E-state index contributed by atoms with van der Waals surface area (Å²) in [6.07, 6.45) is -4.58. The van der Waals surface area contributed by atoms with Gasteiger partial charge in [0, 0.05) is 13.1 Å². The molecule has 108 valence electrons. The fourth-order valence-corrected chi connectivity index (χ4v) is 2.15. The van der Waals surface area contributed by atoms with Crippen LogP contribution in [0.3, 0.4) is 0 Å². The Hall–Kier alpha value is -2.05. The van der Waals surface area contributed by atoms with Gasteiger partial charge in [-0.15, -0.1) is 0 Å². The Labute approximate surface area is 113 Å². The molecule has 1 aromatic carbocycles. The van der Waals surface area contributed by atoms with E-state index in [1.807, 2.05) is 0 Å².